The number of nitro benzene ring substituents is 1. The first-order valence-electron chi connectivity index (χ1n) is 5.79. The third kappa shape index (κ3) is 3.21. The number of likely N-dealkylation sites (N-methyl/N-ethyl adjacent to an activating group) is 1. The van der Waals surface area contributed by atoms with E-state index in [1.807, 2.05) is 0 Å². The molecule has 0 heterocycles. The minimum atomic E-state index is -0.887. The van der Waals surface area contributed by atoms with Crippen molar-refractivity contribution in [3.8, 4) is 0 Å². The largest absolute Gasteiger partial charge is 0.393 e. The molecule has 1 aromatic carbocycles. The fourth-order valence-corrected chi connectivity index (χ4v) is 1.67. The summed E-state index contributed by atoms with van der Waals surface area (Å²) in [5, 5.41) is 10.8. The van der Waals surface area contributed by atoms with Gasteiger partial charge in [0, 0.05) is 14.2 Å². The number of hydrogen-bond donors (Lipinski definition) is 1. The number of nitro groups is 1. The molecule has 2 N–H and O–H groups in total. The van der Waals surface area contributed by atoms with E-state index in [2.05, 4.69) is 0 Å². The number of rotatable bonds is 5. The average Bonchev–Trinajstić information content (AvgIpc) is 2.39. The van der Waals surface area contributed by atoms with Gasteiger partial charge in [-0.05, 0) is 13.0 Å². The summed E-state index contributed by atoms with van der Waals surface area (Å²) in [7, 11) is 2.97. The van der Waals surface area contributed by atoms with Gasteiger partial charge in [0.25, 0.3) is 11.6 Å². The van der Waals surface area contributed by atoms with Gasteiger partial charge in [0.2, 0.25) is 0 Å². The molecule has 0 aliphatic rings. The van der Waals surface area contributed by atoms with Crippen LogP contribution in [0, 0.1) is 15.9 Å². The van der Waals surface area contributed by atoms with E-state index in [1.165, 1.54) is 19.1 Å². The fraction of sp³-hybridized carbons (Fsp3) is 0.417. The van der Waals surface area contributed by atoms with Gasteiger partial charge < -0.3 is 15.4 Å². The lowest BCUT2D eigenvalue weighted by molar-refractivity contribution is -0.384. The Bertz CT molecular complexity index is 536. The first kappa shape index (κ1) is 15.8. The Morgan fingerprint density at radius 1 is 1.60 bits per heavy atom. The summed E-state index contributed by atoms with van der Waals surface area (Å²) in [5.41, 5.74) is 4.37. The Morgan fingerprint density at radius 2 is 2.20 bits per heavy atom. The maximum Gasteiger partial charge on any atom is 0.295 e. The second-order valence-electron chi connectivity index (χ2n) is 4.36. The molecule has 0 aromatic heterocycles. The summed E-state index contributed by atoms with van der Waals surface area (Å²) >= 11 is 0. The number of benzene rings is 1. The zero-order chi connectivity index (χ0) is 15.4. The third-order valence-electron chi connectivity index (χ3n) is 2.94. The molecule has 0 aliphatic carbocycles. The molecule has 8 heteroatoms. The van der Waals surface area contributed by atoms with Gasteiger partial charge in [-0.25, -0.2) is 4.39 Å². The molecule has 0 spiro atoms. The van der Waals surface area contributed by atoms with Crippen LogP contribution in [0.15, 0.2) is 12.1 Å². The Hall–Kier alpha value is -2.22. The maximum atomic E-state index is 13.4. The highest BCUT2D eigenvalue weighted by atomic mass is 19.1. The lowest BCUT2D eigenvalue weighted by atomic mass is 10.1. The number of carbonyl (C=O) groups is 1. The van der Waals surface area contributed by atoms with Crippen molar-refractivity contribution in [1.82, 2.24) is 4.90 Å². The number of methoxy groups -OCH3 is 1. The molecule has 0 radical (unpaired) electrons. The van der Waals surface area contributed by atoms with Crippen LogP contribution in [0.3, 0.4) is 0 Å². The summed E-state index contributed by atoms with van der Waals surface area (Å²) in [6.07, 6.45) is 0. The summed E-state index contributed by atoms with van der Waals surface area (Å²) in [5.74, 6) is -1.49. The van der Waals surface area contributed by atoms with E-state index >= 15 is 0 Å². The van der Waals surface area contributed by atoms with Crippen molar-refractivity contribution in [3.05, 3.63) is 33.6 Å². The molecule has 0 saturated carbocycles. The van der Waals surface area contributed by atoms with E-state index in [-0.39, 0.29) is 23.9 Å². The number of halogens is 1. The van der Waals surface area contributed by atoms with Gasteiger partial charge in [-0.1, -0.05) is 0 Å². The molecular weight excluding hydrogens is 269 g/mol. The number of carbonyl (C=O) groups excluding carboxylic acids is 1. The molecule has 0 fully saturated rings. The molecule has 1 aromatic rings. The van der Waals surface area contributed by atoms with Crippen molar-refractivity contribution in [3.63, 3.8) is 0 Å². The summed E-state index contributed by atoms with van der Waals surface area (Å²) in [6.45, 7) is 2.00. The maximum absolute atomic E-state index is 13.4. The van der Waals surface area contributed by atoms with Crippen molar-refractivity contribution in [2.75, 3.05) is 26.5 Å². The molecular formula is C12H16FN3O4. The van der Waals surface area contributed by atoms with Crippen LogP contribution in [-0.2, 0) is 4.74 Å². The van der Waals surface area contributed by atoms with Crippen LogP contribution in [0.4, 0.5) is 15.8 Å². The molecule has 7 nitrogen and oxygen atoms in total. The normalized spacial score (nSPS) is 12.0. The quantitative estimate of drug-likeness (QED) is 0.501. The highest BCUT2D eigenvalue weighted by molar-refractivity contribution is 6.01. The predicted molar refractivity (Wildman–Crippen MR) is 70.9 cm³/mol. The second-order valence-corrected chi connectivity index (χ2v) is 4.36. The van der Waals surface area contributed by atoms with Crippen LogP contribution in [0.25, 0.3) is 0 Å². The molecule has 1 rings (SSSR count). The van der Waals surface area contributed by atoms with Crippen LogP contribution < -0.4 is 5.73 Å². The molecule has 0 bridgehead atoms. The summed E-state index contributed by atoms with van der Waals surface area (Å²) < 4.78 is 18.3. The fourth-order valence-electron chi connectivity index (χ4n) is 1.67. The van der Waals surface area contributed by atoms with Gasteiger partial charge in [0.1, 0.15) is 11.5 Å². The number of hydrogen-bond acceptors (Lipinski definition) is 5. The van der Waals surface area contributed by atoms with Gasteiger partial charge in [0.15, 0.2) is 0 Å². The van der Waals surface area contributed by atoms with E-state index in [1.54, 1.807) is 6.92 Å². The first-order valence-corrected chi connectivity index (χ1v) is 5.79. The molecule has 1 unspecified atom stereocenters. The molecule has 0 aliphatic heterocycles. The lowest BCUT2D eigenvalue weighted by Gasteiger charge is -2.24. The van der Waals surface area contributed by atoms with Crippen LogP contribution in [0.5, 0.6) is 0 Å². The smallest absolute Gasteiger partial charge is 0.295 e. The van der Waals surface area contributed by atoms with E-state index in [0.717, 1.165) is 6.07 Å². The molecule has 20 heavy (non-hydrogen) atoms. The lowest BCUT2D eigenvalue weighted by Crippen LogP contribution is -2.38. The Labute approximate surface area is 115 Å². The molecule has 0 saturated heterocycles. The van der Waals surface area contributed by atoms with Gasteiger partial charge in [-0.2, -0.15) is 0 Å². The van der Waals surface area contributed by atoms with Crippen molar-refractivity contribution < 1.29 is 18.8 Å². The van der Waals surface area contributed by atoms with Crippen LogP contribution in [0.1, 0.15) is 17.3 Å². The minimum absolute atomic E-state index is 0.234. The van der Waals surface area contributed by atoms with Gasteiger partial charge in [0.05, 0.1) is 29.2 Å². The number of anilines is 1. The van der Waals surface area contributed by atoms with Crippen molar-refractivity contribution in [2.45, 2.75) is 13.0 Å². The van der Waals surface area contributed by atoms with Gasteiger partial charge in [-0.15, -0.1) is 0 Å². The topological polar surface area (TPSA) is 98.7 Å². The van der Waals surface area contributed by atoms with Crippen molar-refractivity contribution in [2.24, 2.45) is 0 Å². The zero-order valence-corrected chi connectivity index (χ0v) is 11.4. The Kier molecular flexibility index (Phi) is 4.98. The standard InChI is InChI=1S/C12H16FN3O4/c1-7(6-20-3)15(2)12(17)9-4-8(13)5-10(11(9)14)16(18)19/h4-5,7H,6,14H2,1-3H3. The van der Waals surface area contributed by atoms with Crippen molar-refractivity contribution >= 4 is 17.3 Å². The molecule has 1 atom stereocenters. The number of nitrogen functional groups attached to an aromatic ring is 1. The second kappa shape index (κ2) is 6.29. The highest BCUT2D eigenvalue weighted by Gasteiger charge is 2.25. The predicted octanol–water partition coefficient (Wildman–Crippen LogP) is 1.42. The van der Waals surface area contributed by atoms with Crippen LogP contribution in [0.2, 0.25) is 0 Å². The van der Waals surface area contributed by atoms with Gasteiger partial charge >= 0.3 is 0 Å². The summed E-state index contributed by atoms with van der Waals surface area (Å²) in [6, 6.07) is 1.29. The van der Waals surface area contributed by atoms with E-state index in [0.29, 0.717) is 6.07 Å². The van der Waals surface area contributed by atoms with Crippen LogP contribution in [-0.4, -0.2) is 42.5 Å². The third-order valence-corrected chi connectivity index (χ3v) is 2.94. The van der Waals surface area contributed by atoms with Crippen LogP contribution >= 0.6 is 0 Å². The summed E-state index contributed by atoms with van der Waals surface area (Å²) in [4.78, 5) is 23.4. The highest BCUT2D eigenvalue weighted by Crippen LogP contribution is 2.27. The minimum Gasteiger partial charge on any atom is -0.393 e. The monoisotopic (exact) mass is 285 g/mol. The molecule has 110 valence electrons. The van der Waals surface area contributed by atoms with E-state index in [9.17, 15) is 19.3 Å². The number of nitrogens with two attached hydrogens (primary N) is 1. The number of ether oxygens (including phenoxy) is 1. The zero-order valence-electron chi connectivity index (χ0n) is 11.4. The molecule has 1 amide bonds. The average molecular weight is 285 g/mol. The Morgan fingerprint density at radius 3 is 2.70 bits per heavy atom. The van der Waals surface area contributed by atoms with Crippen molar-refractivity contribution in [1.29, 1.82) is 0 Å². The van der Waals surface area contributed by atoms with E-state index < -0.39 is 22.3 Å². The number of amides is 1. The first-order chi connectivity index (χ1) is 9.29. The SMILES string of the molecule is COCC(C)N(C)C(=O)c1cc(F)cc([N+](=O)[O-])c1N. The Balaban J connectivity index is 3.19. The number of nitrogens with zero attached hydrogens (tertiary/aromatic N) is 2. The van der Waals surface area contributed by atoms with Gasteiger partial charge in [-0.3, -0.25) is 14.9 Å². The van der Waals surface area contributed by atoms with E-state index in [4.69, 9.17) is 10.5 Å².